The fraction of sp³-hybridized carbons (Fsp3) is 0.476. The molecule has 1 aromatic carbocycles. The van der Waals surface area contributed by atoms with E-state index in [1.54, 1.807) is 11.0 Å². The summed E-state index contributed by atoms with van der Waals surface area (Å²) >= 11 is 0. The molecule has 0 saturated carbocycles. The Balaban J connectivity index is 1.76. The Bertz CT molecular complexity index is 785. The monoisotopic (exact) mass is 369 g/mol. The zero-order valence-electron chi connectivity index (χ0n) is 16.2. The highest BCUT2D eigenvalue weighted by atomic mass is 16.5. The molecule has 144 valence electrons. The average Bonchev–Trinajstić information content (AvgIpc) is 3.12. The van der Waals surface area contributed by atoms with Gasteiger partial charge < -0.3 is 14.3 Å². The predicted octanol–water partition coefficient (Wildman–Crippen LogP) is 3.45. The number of hydrogen-bond acceptors (Lipinski definition) is 4. The van der Waals surface area contributed by atoms with E-state index in [9.17, 15) is 9.59 Å². The van der Waals surface area contributed by atoms with Crippen molar-refractivity contribution in [2.24, 2.45) is 0 Å². The minimum atomic E-state index is -0.168. The van der Waals surface area contributed by atoms with Gasteiger partial charge in [-0.1, -0.05) is 56.3 Å². The summed E-state index contributed by atoms with van der Waals surface area (Å²) < 4.78 is 5.27. The lowest BCUT2D eigenvalue weighted by atomic mass is 10.1. The Morgan fingerprint density at radius 2 is 2.04 bits per heavy atom. The van der Waals surface area contributed by atoms with E-state index in [1.165, 1.54) is 0 Å². The molecule has 1 fully saturated rings. The molecule has 0 bridgehead atoms. The smallest absolute Gasteiger partial charge is 0.276 e. The molecule has 2 heterocycles. The van der Waals surface area contributed by atoms with E-state index < -0.39 is 0 Å². The van der Waals surface area contributed by atoms with Crippen LogP contribution in [-0.2, 0) is 11.3 Å². The topological polar surface area (TPSA) is 66.7 Å². The Kier molecular flexibility index (Phi) is 5.94. The van der Waals surface area contributed by atoms with E-state index in [4.69, 9.17) is 4.52 Å². The van der Waals surface area contributed by atoms with E-state index in [0.29, 0.717) is 37.5 Å². The van der Waals surface area contributed by atoms with Gasteiger partial charge in [-0.2, -0.15) is 0 Å². The van der Waals surface area contributed by atoms with Crippen LogP contribution >= 0.6 is 0 Å². The van der Waals surface area contributed by atoms with Gasteiger partial charge in [-0.05, 0) is 12.0 Å². The van der Waals surface area contributed by atoms with Gasteiger partial charge in [0.1, 0.15) is 5.76 Å². The van der Waals surface area contributed by atoms with Crippen molar-refractivity contribution in [1.29, 1.82) is 0 Å². The van der Waals surface area contributed by atoms with Crippen LogP contribution in [0.15, 0.2) is 40.9 Å². The summed E-state index contributed by atoms with van der Waals surface area (Å²) in [7, 11) is 0. The Morgan fingerprint density at radius 3 is 2.67 bits per heavy atom. The molecular weight excluding hydrogens is 342 g/mol. The molecule has 2 aromatic rings. The minimum absolute atomic E-state index is 0.0133. The van der Waals surface area contributed by atoms with Gasteiger partial charge in [0.15, 0.2) is 5.69 Å². The Morgan fingerprint density at radius 1 is 1.30 bits per heavy atom. The summed E-state index contributed by atoms with van der Waals surface area (Å²) in [6.45, 7) is 7.53. The number of hydrogen-bond donors (Lipinski definition) is 0. The molecule has 1 aromatic heterocycles. The molecule has 0 unspecified atom stereocenters. The van der Waals surface area contributed by atoms with Gasteiger partial charge in [-0.25, -0.2) is 0 Å². The van der Waals surface area contributed by atoms with Crippen LogP contribution in [0.5, 0.6) is 0 Å². The number of benzene rings is 1. The summed E-state index contributed by atoms with van der Waals surface area (Å²) in [5.74, 6) is 0.791. The van der Waals surface area contributed by atoms with Gasteiger partial charge in [0.2, 0.25) is 5.91 Å². The average molecular weight is 369 g/mol. The molecule has 0 spiro atoms. The summed E-state index contributed by atoms with van der Waals surface area (Å²) in [6.07, 6.45) is 1.11. The van der Waals surface area contributed by atoms with Gasteiger partial charge in [0.05, 0.1) is 0 Å². The second kappa shape index (κ2) is 8.37. The van der Waals surface area contributed by atoms with Crippen LogP contribution in [-0.4, -0.2) is 45.9 Å². The molecule has 1 aliphatic heterocycles. The first-order valence-corrected chi connectivity index (χ1v) is 9.58. The van der Waals surface area contributed by atoms with Crippen molar-refractivity contribution in [3.05, 3.63) is 53.4 Å². The van der Waals surface area contributed by atoms with E-state index in [-0.39, 0.29) is 23.8 Å². The van der Waals surface area contributed by atoms with Crippen LogP contribution in [0, 0.1) is 0 Å². The summed E-state index contributed by atoms with van der Waals surface area (Å²) in [5, 5.41) is 3.94. The van der Waals surface area contributed by atoms with Crippen molar-refractivity contribution < 1.29 is 14.1 Å². The zero-order chi connectivity index (χ0) is 19.4. The number of nitrogens with zero attached hydrogens (tertiary/aromatic N) is 3. The number of carbonyl (C=O) groups excluding carboxylic acids is 2. The lowest BCUT2D eigenvalue weighted by molar-refractivity contribution is -0.133. The highest BCUT2D eigenvalue weighted by Gasteiger charge is 2.32. The first kappa shape index (κ1) is 19.1. The number of aromatic nitrogens is 1. The largest absolute Gasteiger partial charge is 0.360 e. The van der Waals surface area contributed by atoms with Crippen molar-refractivity contribution in [3.63, 3.8) is 0 Å². The number of amides is 2. The maximum atomic E-state index is 12.9. The molecular formula is C21H27N3O3. The Hall–Kier alpha value is -2.63. The van der Waals surface area contributed by atoms with Gasteiger partial charge in [-0.3, -0.25) is 9.59 Å². The molecule has 0 N–H and O–H groups in total. The molecule has 1 saturated heterocycles. The van der Waals surface area contributed by atoms with Crippen LogP contribution in [0.25, 0.3) is 0 Å². The van der Waals surface area contributed by atoms with Gasteiger partial charge in [0.25, 0.3) is 5.91 Å². The second-order valence-corrected chi connectivity index (χ2v) is 7.34. The van der Waals surface area contributed by atoms with Crippen LogP contribution in [0.2, 0.25) is 0 Å². The summed E-state index contributed by atoms with van der Waals surface area (Å²) in [6, 6.07) is 11.7. The quantitative estimate of drug-likeness (QED) is 0.810. The highest BCUT2D eigenvalue weighted by Crippen LogP contribution is 2.21. The molecule has 3 rings (SSSR count). The number of rotatable bonds is 5. The van der Waals surface area contributed by atoms with Crippen molar-refractivity contribution in [2.45, 2.75) is 52.1 Å². The third-order valence-corrected chi connectivity index (χ3v) is 5.06. The summed E-state index contributed by atoms with van der Waals surface area (Å²) in [5.41, 5.74) is 1.42. The van der Waals surface area contributed by atoms with Gasteiger partial charge in [-0.15, -0.1) is 0 Å². The first-order valence-electron chi connectivity index (χ1n) is 9.58. The SMILES string of the molecule is CC[C@H]1CN(C(=O)c2cc(C(C)C)on2)CCC(=O)N1Cc1ccccc1. The predicted molar refractivity (Wildman–Crippen MR) is 102 cm³/mol. The fourth-order valence-corrected chi connectivity index (χ4v) is 3.38. The van der Waals surface area contributed by atoms with Crippen LogP contribution in [0.4, 0.5) is 0 Å². The standard InChI is InChI=1S/C21H27N3O3/c1-4-17-14-23(21(26)18-12-19(15(2)3)27-22-18)11-10-20(25)24(17)13-16-8-6-5-7-9-16/h5-9,12,15,17H,4,10-11,13-14H2,1-3H3/t17-/m0/s1. The van der Waals surface area contributed by atoms with E-state index in [2.05, 4.69) is 12.1 Å². The number of carbonyl (C=O) groups is 2. The van der Waals surface area contributed by atoms with E-state index in [1.807, 2.05) is 49.1 Å². The highest BCUT2D eigenvalue weighted by molar-refractivity contribution is 5.93. The molecule has 27 heavy (non-hydrogen) atoms. The fourth-order valence-electron chi connectivity index (χ4n) is 3.38. The molecule has 2 amide bonds. The zero-order valence-corrected chi connectivity index (χ0v) is 16.2. The molecule has 0 radical (unpaired) electrons. The van der Waals surface area contributed by atoms with E-state index >= 15 is 0 Å². The minimum Gasteiger partial charge on any atom is -0.360 e. The van der Waals surface area contributed by atoms with Crippen molar-refractivity contribution in [2.75, 3.05) is 13.1 Å². The molecule has 0 aliphatic carbocycles. The lowest BCUT2D eigenvalue weighted by Gasteiger charge is -2.31. The maximum absolute atomic E-state index is 12.9. The molecule has 1 aliphatic rings. The molecule has 6 nitrogen and oxygen atoms in total. The van der Waals surface area contributed by atoms with E-state index in [0.717, 1.165) is 12.0 Å². The third-order valence-electron chi connectivity index (χ3n) is 5.06. The van der Waals surface area contributed by atoms with Crippen molar-refractivity contribution in [3.8, 4) is 0 Å². The summed E-state index contributed by atoms with van der Waals surface area (Å²) in [4.78, 5) is 29.3. The van der Waals surface area contributed by atoms with Crippen LogP contribution < -0.4 is 0 Å². The normalized spacial score (nSPS) is 18.1. The van der Waals surface area contributed by atoms with Crippen LogP contribution in [0.1, 0.15) is 61.3 Å². The lowest BCUT2D eigenvalue weighted by Crippen LogP contribution is -2.43. The first-order chi connectivity index (χ1) is 13.0. The second-order valence-electron chi connectivity index (χ2n) is 7.34. The van der Waals surface area contributed by atoms with Gasteiger partial charge in [0, 0.05) is 44.1 Å². The maximum Gasteiger partial charge on any atom is 0.276 e. The van der Waals surface area contributed by atoms with Crippen molar-refractivity contribution >= 4 is 11.8 Å². The van der Waals surface area contributed by atoms with Crippen molar-refractivity contribution in [1.82, 2.24) is 15.0 Å². The van der Waals surface area contributed by atoms with Gasteiger partial charge >= 0.3 is 0 Å². The molecule has 1 atom stereocenters. The third kappa shape index (κ3) is 4.38. The van der Waals surface area contributed by atoms with Crippen LogP contribution in [0.3, 0.4) is 0 Å². The Labute approximate surface area is 160 Å². The molecule has 6 heteroatoms.